The number of unbranched alkanes of at least 4 members (excludes halogenated alkanes) is 1. The van der Waals surface area contributed by atoms with Crippen LogP contribution < -0.4 is 14.5 Å². The SMILES string of the molecule is C=CCCCOc1ccc(N(c2ccc(-c3ccc(N(c4ccccc4)c4ccc5ccccc5c4)cc3)cc2)c2ccc3ccccc3c2)cc1. The second kappa shape index (κ2) is 15.1. The van der Waals surface area contributed by atoms with Gasteiger partial charge in [0.1, 0.15) is 5.75 Å². The molecule has 0 fully saturated rings. The normalized spacial score (nSPS) is 11.0. The summed E-state index contributed by atoms with van der Waals surface area (Å²) < 4.78 is 6.00. The summed E-state index contributed by atoms with van der Waals surface area (Å²) in [5, 5.41) is 4.88. The molecule has 0 saturated heterocycles. The Bertz CT molecular complexity index is 2420. The second-order valence-corrected chi connectivity index (χ2v) is 12.9. The van der Waals surface area contributed by atoms with E-state index in [2.05, 4.69) is 204 Å². The lowest BCUT2D eigenvalue weighted by Crippen LogP contribution is -2.10. The number of nitrogens with zero attached hydrogens (tertiary/aromatic N) is 2. The molecule has 0 aromatic heterocycles. The van der Waals surface area contributed by atoms with E-state index in [1.54, 1.807) is 0 Å². The first kappa shape index (κ1) is 32.6. The lowest BCUT2D eigenvalue weighted by molar-refractivity contribution is 0.312. The molecular weight excluding hydrogens is 633 g/mol. The molecule has 0 aliphatic carbocycles. The van der Waals surface area contributed by atoms with Crippen LogP contribution in [0.4, 0.5) is 34.1 Å². The van der Waals surface area contributed by atoms with Gasteiger partial charge in [-0.05, 0) is 130 Å². The fourth-order valence-electron chi connectivity index (χ4n) is 6.82. The molecule has 3 heteroatoms. The molecule has 0 aliphatic rings. The van der Waals surface area contributed by atoms with Crippen molar-refractivity contribution in [3.05, 3.63) is 201 Å². The van der Waals surface area contributed by atoms with Crippen LogP contribution in [-0.4, -0.2) is 6.61 Å². The van der Waals surface area contributed by atoms with Crippen molar-refractivity contribution in [3.8, 4) is 16.9 Å². The Balaban J connectivity index is 1.10. The van der Waals surface area contributed by atoms with E-state index in [1.807, 2.05) is 6.08 Å². The fraction of sp³-hybridized carbons (Fsp3) is 0.0612. The Morgan fingerprint density at radius 1 is 0.404 bits per heavy atom. The highest BCUT2D eigenvalue weighted by atomic mass is 16.5. The topological polar surface area (TPSA) is 15.7 Å². The van der Waals surface area contributed by atoms with Crippen molar-refractivity contribution >= 4 is 55.7 Å². The maximum Gasteiger partial charge on any atom is 0.119 e. The number of allylic oxidation sites excluding steroid dienone is 1. The number of para-hydroxylation sites is 1. The van der Waals surface area contributed by atoms with Gasteiger partial charge < -0.3 is 14.5 Å². The monoisotopic (exact) mass is 672 g/mol. The molecule has 0 unspecified atom stereocenters. The molecule has 0 amide bonds. The molecule has 8 aromatic carbocycles. The van der Waals surface area contributed by atoms with E-state index in [1.165, 1.54) is 21.5 Å². The average molecular weight is 673 g/mol. The van der Waals surface area contributed by atoms with E-state index >= 15 is 0 Å². The largest absolute Gasteiger partial charge is 0.494 e. The first-order valence-corrected chi connectivity index (χ1v) is 17.9. The van der Waals surface area contributed by atoms with Crippen LogP contribution in [0.2, 0.25) is 0 Å². The highest BCUT2D eigenvalue weighted by molar-refractivity contribution is 5.91. The summed E-state index contributed by atoms with van der Waals surface area (Å²) in [6.45, 7) is 4.49. The van der Waals surface area contributed by atoms with Gasteiger partial charge in [-0.1, -0.05) is 109 Å². The zero-order chi connectivity index (χ0) is 35.1. The molecular formula is C49H40N2O. The Kier molecular flexibility index (Phi) is 9.48. The lowest BCUT2D eigenvalue weighted by atomic mass is 10.0. The van der Waals surface area contributed by atoms with Gasteiger partial charge in [0.15, 0.2) is 0 Å². The van der Waals surface area contributed by atoms with Crippen LogP contribution in [0.25, 0.3) is 32.7 Å². The minimum Gasteiger partial charge on any atom is -0.494 e. The van der Waals surface area contributed by atoms with Gasteiger partial charge in [0, 0.05) is 34.1 Å². The smallest absolute Gasteiger partial charge is 0.119 e. The van der Waals surface area contributed by atoms with Crippen LogP contribution >= 0.6 is 0 Å². The second-order valence-electron chi connectivity index (χ2n) is 12.9. The number of benzene rings is 8. The molecule has 0 N–H and O–H groups in total. The van der Waals surface area contributed by atoms with E-state index in [4.69, 9.17) is 4.74 Å². The minimum absolute atomic E-state index is 0.677. The summed E-state index contributed by atoms with van der Waals surface area (Å²) in [5.74, 6) is 0.872. The fourth-order valence-corrected chi connectivity index (χ4v) is 6.82. The maximum absolute atomic E-state index is 6.00. The maximum atomic E-state index is 6.00. The van der Waals surface area contributed by atoms with Crippen molar-refractivity contribution in [1.29, 1.82) is 0 Å². The van der Waals surface area contributed by atoms with Gasteiger partial charge in [0.05, 0.1) is 6.61 Å². The number of ether oxygens (including phenoxy) is 1. The molecule has 3 nitrogen and oxygen atoms in total. The molecule has 0 radical (unpaired) electrons. The van der Waals surface area contributed by atoms with E-state index in [0.717, 1.165) is 63.8 Å². The standard InChI is InChI=1S/C49H40N2O/c1-2-3-11-34-52-49-32-30-46(31-33-49)51(48-29-23-38-13-8-10-15-42(38)36-48)45-26-20-40(21-27-45)39-18-24-44(25-19-39)50(43-16-5-4-6-17-43)47-28-22-37-12-7-9-14-41(37)35-47/h2,4-10,12-33,35-36H,1,3,11,34H2. The summed E-state index contributed by atoms with van der Waals surface area (Å²) in [5.41, 5.74) is 8.94. The van der Waals surface area contributed by atoms with Crippen LogP contribution in [0.1, 0.15) is 12.8 Å². The summed E-state index contributed by atoms with van der Waals surface area (Å²) >= 11 is 0. The summed E-state index contributed by atoms with van der Waals surface area (Å²) in [7, 11) is 0. The molecule has 0 saturated carbocycles. The quantitative estimate of drug-likeness (QED) is 0.0949. The number of hydrogen-bond acceptors (Lipinski definition) is 3. The molecule has 0 heterocycles. The van der Waals surface area contributed by atoms with Crippen molar-refractivity contribution in [3.63, 3.8) is 0 Å². The highest BCUT2D eigenvalue weighted by Crippen LogP contribution is 2.39. The molecule has 0 aliphatic heterocycles. The number of anilines is 6. The zero-order valence-corrected chi connectivity index (χ0v) is 29.1. The van der Waals surface area contributed by atoms with Gasteiger partial charge in [-0.25, -0.2) is 0 Å². The Morgan fingerprint density at radius 2 is 0.808 bits per heavy atom. The highest BCUT2D eigenvalue weighted by Gasteiger charge is 2.16. The molecule has 52 heavy (non-hydrogen) atoms. The van der Waals surface area contributed by atoms with Crippen LogP contribution in [0, 0.1) is 0 Å². The van der Waals surface area contributed by atoms with E-state index in [0.29, 0.717) is 6.61 Å². The number of rotatable bonds is 12. The third kappa shape index (κ3) is 7.03. The number of fused-ring (bicyclic) bond motifs is 2. The summed E-state index contributed by atoms with van der Waals surface area (Å²) in [6.07, 6.45) is 3.84. The molecule has 0 spiro atoms. The van der Waals surface area contributed by atoms with Gasteiger partial charge in [-0.3, -0.25) is 0 Å². The first-order chi connectivity index (χ1) is 25.7. The van der Waals surface area contributed by atoms with Crippen LogP contribution in [0.15, 0.2) is 201 Å². The van der Waals surface area contributed by atoms with Crippen LogP contribution in [0.5, 0.6) is 5.75 Å². The van der Waals surface area contributed by atoms with E-state index < -0.39 is 0 Å². The Morgan fingerprint density at radius 3 is 1.29 bits per heavy atom. The molecule has 8 rings (SSSR count). The lowest BCUT2D eigenvalue weighted by Gasteiger charge is -2.26. The van der Waals surface area contributed by atoms with Gasteiger partial charge in [0.2, 0.25) is 0 Å². The summed E-state index contributed by atoms with van der Waals surface area (Å²) in [4.78, 5) is 4.63. The molecule has 8 aromatic rings. The van der Waals surface area contributed by atoms with Crippen molar-refractivity contribution in [2.24, 2.45) is 0 Å². The van der Waals surface area contributed by atoms with Gasteiger partial charge >= 0.3 is 0 Å². The summed E-state index contributed by atoms with van der Waals surface area (Å²) in [6, 6.07) is 67.0. The Labute approximate surface area is 306 Å². The van der Waals surface area contributed by atoms with Crippen molar-refractivity contribution < 1.29 is 4.74 Å². The average Bonchev–Trinajstić information content (AvgIpc) is 3.21. The van der Waals surface area contributed by atoms with Crippen molar-refractivity contribution in [1.82, 2.24) is 0 Å². The first-order valence-electron chi connectivity index (χ1n) is 17.9. The predicted octanol–water partition coefficient (Wildman–Crippen LogP) is 13.9. The van der Waals surface area contributed by atoms with Gasteiger partial charge in [0.25, 0.3) is 0 Å². The van der Waals surface area contributed by atoms with Gasteiger partial charge in [-0.15, -0.1) is 6.58 Å². The van der Waals surface area contributed by atoms with E-state index in [-0.39, 0.29) is 0 Å². The third-order valence-electron chi connectivity index (χ3n) is 9.50. The number of hydrogen-bond donors (Lipinski definition) is 0. The van der Waals surface area contributed by atoms with Crippen molar-refractivity contribution in [2.75, 3.05) is 16.4 Å². The van der Waals surface area contributed by atoms with E-state index in [9.17, 15) is 0 Å². The molecule has 252 valence electrons. The molecule has 0 bridgehead atoms. The third-order valence-corrected chi connectivity index (χ3v) is 9.50. The minimum atomic E-state index is 0.677. The zero-order valence-electron chi connectivity index (χ0n) is 29.1. The van der Waals surface area contributed by atoms with Crippen LogP contribution in [0.3, 0.4) is 0 Å². The van der Waals surface area contributed by atoms with Crippen molar-refractivity contribution in [2.45, 2.75) is 12.8 Å². The Hall–Kier alpha value is -6.58. The van der Waals surface area contributed by atoms with Crippen LogP contribution in [-0.2, 0) is 0 Å². The van der Waals surface area contributed by atoms with Gasteiger partial charge in [-0.2, -0.15) is 0 Å². The predicted molar refractivity (Wildman–Crippen MR) is 221 cm³/mol. The molecule has 0 atom stereocenters.